The first-order chi connectivity index (χ1) is 7.74. The number of aromatic nitrogens is 4. The molecule has 0 aliphatic heterocycles. The third-order valence-corrected chi connectivity index (χ3v) is 1.82. The minimum absolute atomic E-state index is 0.126. The fraction of sp³-hybridized carbons (Fsp3) is 0. The second-order valence-electron chi connectivity index (χ2n) is 2.75. The molecule has 0 aliphatic rings. The molecule has 2 heterocycles. The van der Waals surface area contributed by atoms with Crippen LogP contribution in [0.5, 0.6) is 0 Å². The molecule has 2 amide bonds. The number of nitrogens with two attached hydrogens (primary N) is 2. The van der Waals surface area contributed by atoms with Crippen molar-refractivity contribution in [2.45, 2.75) is 0 Å². The Morgan fingerprint density at radius 2 is 2.00 bits per heavy atom. The molecule has 0 aliphatic carbocycles. The Labute approximate surface area is 89.4 Å². The Kier molecular flexibility index (Phi) is 2.54. The molecule has 5 N–H and O–H groups in total. The van der Waals surface area contributed by atoms with Gasteiger partial charge in [-0.3, -0.25) is 5.43 Å². The predicted octanol–water partition coefficient (Wildman–Crippen LogP) is -1.32. The number of amides is 2. The average molecular weight is 220 g/mol. The maximum absolute atomic E-state index is 11.2. The van der Waals surface area contributed by atoms with Gasteiger partial charge in [0, 0.05) is 12.4 Å². The van der Waals surface area contributed by atoms with Crippen LogP contribution in [0, 0.1) is 0 Å². The van der Waals surface area contributed by atoms with Gasteiger partial charge in [0.05, 0.1) is 0 Å². The van der Waals surface area contributed by atoms with Crippen molar-refractivity contribution < 1.29 is 4.79 Å². The molecule has 0 unspecified atom stereocenters. The van der Waals surface area contributed by atoms with Crippen LogP contribution >= 0.6 is 0 Å². The zero-order valence-electron chi connectivity index (χ0n) is 8.03. The summed E-state index contributed by atoms with van der Waals surface area (Å²) in [7, 11) is 0. The van der Waals surface area contributed by atoms with E-state index in [1.54, 1.807) is 0 Å². The van der Waals surface area contributed by atoms with E-state index in [1.165, 1.54) is 18.7 Å². The summed E-state index contributed by atoms with van der Waals surface area (Å²) in [5, 5.41) is 0.735. The second-order valence-corrected chi connectivity index (χ2v) is 2.75. The number of carbonyl (C=O) groups is 1. The van der Waals surface area contributed by atoms with Gasteiger partial charge in [0.25, 0.3) is 0 Å². The largest absolute Gasteiger partial charge is 0.351 e. The summed E-state index contributed by atoms with van der Waals surface area (Å²) in [4.78, 5) is 26.9. The molecule has 16 heavy (non-hydrogen) atoms. The molecule has 0 spiro atoms. The molecule has 0 radical (unpaired) electrons. The summed E-state index contributed by atoms with van der Waals surface area (Å²) in [6.45, 7) is 0. The van der Waals surface area contributed by atoms with E-state index < -0.39 is 6.03 Å². The van der Waals surface area contributed by atoms with Crippen LogP contribution in [0.4, 0.5) is 10.6 Å². The highest BCUT2D eigenvalue weighted by Crippen LogP contribution is 2.15. The van der Waals surface area contributed by atoms with Crippen molar-refractivity contribution in [3.63, 3.8) is 0 Å². The second kappa shape index (κ2) is 4.00. The van der Waals surface area contributed by atoms with Gasteiger partial charge in [0.1, 0.15) is 6.33 Å². The number of urea groups is 1. The first-order valence-electron chi connectivity index (χ1n) is 4.21. The normalized spacial score (nSPS) is 10.1. The number of hydrogen-bond acceptors (Lipinski definition) is 7. The SMILES string of the molecule is NNC(=O)N(N)c1ncnc2nccnc12. The molecule has 2 aromatic rings. The summed E-state index contributed by atoms with van der Waals surface area (Å²) in [5.74, 6) is 10.6. The van der Waals surface area contributed by atoms with Crippen molar-refractivity contribution in [3.05, 3.63) is 18.7 Å². The van der Waals surface area contributed by atoms with Gasteiger partial charge in [-0.2, -0.15) is 0 Å². The Morgan fingerprint density at radius 1 is 1.25 bits per heavy atom. The van der Waals surface area contributed by atoms with Gasteiger partial charge in [0.2, 0.25) is 0 Å². The van der Waals surface area contributed by atoms with E-state index in [9.17, 15) is 4.79 Å². The standard InChI is InChI=1S/C7H8N8O/c8-14-7(16)15(9)6-4-5(12-3-13-6)11-2-1-10-4/h1-3H,8-9H2,(H,14,16). The van der Waals surface area contributed by atoms with Crippen molar-refractivity contribution in [3.8, 4) is 0 Å². The number of rotatable bonds is 1. The van der Waals surface area contributed by atoms with Gasteiger partial charge >= 0.3 is 6.03 Å². The van der Waals surface area contributed by atoms with E-state index in [0.29, 0.717) is 11.2 Å². The number of hydrazine groups is 2. The number of nitrogens with zero attached hydrogens (tertiary/aromatic N) is 5. The molecule has 2 rings (SSSR count). The third kappa shape index (κ3) is 1.60. The molecule has 9 nitrogen and oxygen atoms in total. The topological polar surface area (TPSA) is 136 Å². The summed E-state index contributed by atoms with van der Waals surface area (Å²) in [6, 6.07) is -0.717. The molecule has 0 bridgehead atoms. The highest BCUT2D eigenvalue weighted by atomic mass is 16.2. The monoisotopic (exact) mass is 220 g/mol. The highest BCUT2D eigenvalue weighted by Gasteiger charge is 2.16. The van der Waals surface area contributed by atoms with Crippen molar-refractivity contribution in [1.29, 1.82) is 0 Å². The molecule has 2 aromatic heterocycles. The molecule has 9 heteroatoms. The number of hydrogen-bond donors (Lipinski definition) is 3. The zero-order valence-corrected chi connectivity index (χ0v) is 8.03. The van der Waals surface area contributed by atoms with Crippen LogP contribution in [0.15, 0.2) is 18.7 Å². The van der Waals surface area contributed by atoms with Crippen molar-refractivity contribution in [2.75, 3.05) is 5.01 Å². The lowest BCUT2D eigenvalue weighted by Gasteiger charge is -2.14. The van der Waals surface area contributed by atoms with Gasteiger partial charge in [-0.05, 0) is 0 Å². The maximum Gasteiger partial charge on any atom is 0.351 e. The number of carbonyl (C=O) groups excluding carboxylic acids is 1. The molecule has 0 aromatic carbocycles. The van der Waals surface area contributed by atoms with Crippen LogP contribution in [-0.2, 0) is 0 Å². The van der Waals surface area contributed by atoms with Crippen molar-refractivity contribution >= 4 is 23.0 Å². The lowest BCUT2D eigenvalue weighted by Crippen LogP contribution is -2.48. The number of fused-ring (bicyclic) bond motifs is 1. The lowest BCUT2D eigenvalue weighted by atomic mass is 10.4. The van der Waals surface area contributed by atoms with Crippen LogP contribution < -0.4 is 22.1 Å². The molecule has 0 atom stereocenters. The summed E-state index contributed by atoms with van der Waals surface area (Å²) >= 11 is 0. The molecule has 0 saturated carbocycles. The summed E-state index contributed by atoms with van der Waals surface area (Å²) in [6.07, 6.45) is 4.16. The minimum atomic E-state index is -0.717. The minimum Gasteiger partial charge on any atom is -0.274 e. The Morgan fingerprint density at radius 3 is 2.75 bits per heavy atom. The van der Waals surface area contributed by atoms with Gasteiger partial charge in [-0.1, -0.05) is 0 Å². The number of nitrogens with one attached hydrogen (secondary N) is 1. The van der Waals surface area contributed by atoms with E-state index in [4.69, 9.17) is 11.7 Å². The van der Waals surface area contributed by atoms with Crippen LogP contribution in [0.3, 0.4) is 0 Å². The first kappa shape index (κ1) is 10.1. The fourth-order valence-electron chi connectivity index (χ4n) is 1.12. The van der Waals surface area contributed by atoms with Gasteiger partial charge in [0.15, 0.2) is 17.0 Å². The first-order valence-corrected chi connectivity index (χ1v) is 4.21. The van der Waals surface area contributed by atoms with E-state index in [1.807, 2.05) is 5.43 Å². The molecular formula is C7H8N8O. The quantitative estimate of drug-likeness (QED) is 0.308. The molecule has 0 saturated heterocycles. The van der Waals surface area contributed by atoms with Crippen LogP contribution in [0.1, 0.15) is 0 Å². The Balaban J connectivity index is 2.56. The number of anilines is 1. The lowest BCUT2D eigenvalue weighted by molar-refractivity contribution is 0.246. The van der Waals surface area contributed by atoms with Gasteiger partial charge in [-0.15, -0.1) is 0 Å². The van der Waals surface area contributed by atoms with E-state index in [-0.39, 0.29) is 5.82 Å². The van der Waals surface area contributed by atoms with Crippen LogP contribution in [0.2, 0.25) is 0 Å². The van der Waals surface area contributed by atoms with Crippen molar-refractivity contribution in [1.82, 2.24) is 25.4 Å². The maximum atomic E-state index is 11.2. The average Bonchev–Trinajstić information content (AvgIpc) is 2.36. The van der Waals surface area contributed by atoms with E-state index >= 15 is 0 Å². The summed E-state index contributed by atoms with van der Waals surface area (Å²) < 4.78 is 0. The fourth-order valence-corrected chi connectivity index (χ4v) is 1.12. The smallest absolute Gasteiger partial charge is 0.274 e. The van der Waals surface area contributed by atoms with Gasteiger partial charge in [-0.25, -0.2) is 41.4 Å². The van der Waals surface area contributed by atoms with E-state index in [0.717, 1.165) is 5.01 Å². The van der Waals surface area contributed by atoms with Crippen LogP contribution in [-0.4, -0.2) is 26.0 Å². The zero-order chi connectivity index (χ0) is 11.5. The molecule has 0 fully saturated rings. The molecule has 82 valence electrons. The predicted molar refractivity (Wildman–Crippen MR) is 54.5 cm³/mol. The Bertz CT molecular complexity index is 523. The third-order valence-electron chi connectivity index (χ3n) is 1.82. The van der Waals surface area contributed by atoms with Crippen LogP contribution in [0.25, 0.3) is 11.2 Å². The van der Waals surface area contributed by atoms with Crippen molar-refractivity contribution in [2.24, 2.45) is 11.7 Å². The summed E-state index contributed by atoms with van der Waals surface area (Å²) in [5.41, 5.74) is 2.54. The Hall–Kier alpha value is -2.39. The van der Waals surface area contributed by atoms with Gasteiger partial charge < -0.3 is 0 Å². The highest BCUT2D eigenvalue weighted by molar-refractivity contribution is 5.96. The molecular weight excluding hydrogens is 212 g/mol. The van der Waals surface area contributed by atoms with E-state index in [2.05, 4.69) is 19.9 Å².